The molecular weight excluding hydrogens is 492 g/mol. The second-order valence-electron chi connectivity index (χ2n) is 7.84. The first-order valence-electron chi connectivity index (χ1n) is 11.6. The molecule has 0 bridgehead atoms. The van der Waals surface area contributed by atoms with Crippen molar-refractivity contribution < 1.29 is 33.3 Å². The molecule has 2 aromatic rings. The number of benzene rings is 2. The summed E-state index contributed by atoms with van der Waals surface area (Å²) in [6, 6.07) is 10.6. The van der Waals surface area contributed by atoms with Crippen molar-refractivity contribution in [3.8, 4) is 29.6 Å². The third-order valence-corrected chi connectivity index (χ3v) is 5.25. The first-order chi connectivity index (χ1) is 18.4. The second-order valence-corrected chi connectivity index (χ2v) is 7.84. The molecule has 3 amide bonds. The van der Waals surface area contributed by atoms with Gasteiger partial charge in [0.2, 0.25) is 0 Å². The standard InChI is InChI=1S/C27H28N4O7/c1-5-13-37-20-10-7-18(8-11-20)15-28-31-23(32)16-38-21-12-9-19(14-22(21)35-4)25-24(26(33)36-6-2)17(3)29-27(34)30-25/h1,7-12,14-15,25H,6,13,16H2,2-4H3,(H,31,32)(H2,29,30,34)/b28-15-/t25-/m1/s1. The average molecular weight is 521 g/mol. The molecule has 3 N–H and O–H groups in total. The number of rotatable bonds is 11. The molecule has 3 rings (SSSR count). The molecule has 1 atom stereocenters. The van der Waals surface area contributed by atoms with Crippen LogP contribution in [0, 0.1) is 12.3 Å². The number of nitrogens with one attached hydrogen (secondary N) is 3. The first-order valence-corrected chi connectivity index (χ1v) is 11.6. The van der Waals surface area contributed by atoms with Crippen LogP contribution in [0.2, 0.25) is 0 Å². The summed E-state index contributed by atoms with van der Waals surface area (Å²) >= 11 is 0. The van der Waals surface area contributed by atoms with Crippen molar-refractivity contribution in [2.24, 2.45) is 5.10 Å². The minimum Gasteiger partial charge on any atom is -0.493 e. The van der Waals surface area contributed by atoms with E-state index >= 15 is 0 Å². The van der Waals surface area contributed by atoms with E-state index in [1.165, 1.54) is 13.3 Å². The lowest BCUT2D eigenvalue weighted by molar-refractivity contribution is -0.139. The van der Waals surface area contributed by atoms with Gasteiger partial charge in [0.1, 0.15) is 12.4 Å². The molecule has 1 heterocycles. The van der Waals surface area contributed by atoms with Gasteiger partial charge >= 0.3 is 12.0 Å². The van der Waals surface area contributed by atoms with Crippen LogP contribution >= 0.6 is 0 Å². The number of ether oxygens (including phenoxy) is 4. The highest BCUT2D eigenvalue weighted by Crippen LogP contribution is 2.34. The van der Waals surface area contributed by atoms with E-state index in [2.05, 4.69) is 27.1 Å². The number of carbonyl (C=O) groups is 3. The lowest BCUT2D eigenvalue weighted by Crippen LogP contribution is -2.45. The molecule has 0 fully saturated rings. The lowest BCUT2D eigenvalue weighted by atomic mass is 9.95. The Kier molecular flexibility index (Phi) is 9.71. The van der Waals surface area contributed by atoms with Crippen molar-refractivity contribution in [2.45, 2.75) is 19.9 Å². The van der Waals surface area contributed by atoms with Crippen molar-refractivity contribution in [1.29, 1.82) is 0 Å². The van der Waals surface area contributed by atoms with Gasteiger partial charge in [0.25, 0.3) is 5.91 Å². The van der Waals surface area contributed by atoms with Crippen molar-refractivity contribution >= 4 is 24.1 Å². The van der Waals surface area contributed by atoms with Gasteiger partial charge in [-0.1, -0.05) is 12.0 Å². The van der Waals surface area contributed by atoms with Gasteiger partial charge in [0, 0.05) is 5.70 Å². The molecule has 0 unspecified atom stereocenters. The third kappa shape index (κ3) is 7.27. The maximum Gasteiger partial charge on any atom is 0.338 e. The minimum absolute atomic E-state index is 0.178. The fourth-order valence-electron chi connectivity index (χ4n) is 3.54. The van der Waals surface area contributed by atoms with Crippen LogP contribution in [0.15, 0.2) is 58.8 Å². The Balaban J connectivity index is 1.63. The van der Waals surface area contributed by atoms with Crippen molar-refractivity contribution in [3.63, 3.8) is 0 Å². The van der Waals surface area contributed by atoms with Gasteiger partial charge in [-0.3, -0.25) is 4.79 Å². The summed E-state index contributed by atoms with van der Waals surface area (Å²) in [6.45, 7) is 3.36. The van der Waals surface area contributed by atoms with Gasteiger partial charge in [-0.05, 0) is 61.4 Å². The summed E-state index contributed by atoms with van der Waals surface area (Å²) in [6.07, 6.45) is 6.64. The maximum atomic E-state index is 12.5. The summed E-state index contributed by atoms with van der Waals surface area (Å²) in [5, 5.41) is 9.22. The number of esters is 1. The minimum atomic E-state index is -0.763. The molecule has 38 heavy (non-hydrogen) atoms. The number of amides is 3. The molecule has 0 radical (unpaired) electrons. The van der Waals surface area contributed by atoms with Gasteiger partial charge in [-0.25, -0.2) is 15.0 Å². The Morgan fingerprint density at radius 2 is 1.92 bits per heavy atom. The molecule has 0 aliphatic carbocycles. The number of hydrogen-bond donors (Lipinski definition) is 3. The fourth-order valence-corrected chi connectivity index (χ4v) is 3.54. The van der Waals surface area contributed by atoms with Crippen LogP contribution in [-0.2, 0) is 14.3 Å². The first kappa shape index (κ1) is 27.6. The largest absolute Gasteiger partial charge is 0.493 e. The van der Waals surface area contributed by atoms with Crippen LogP contribution in [-0.4, -0.2) is 51.1 Å². The van der Waals surface area contributed by atoms with Crippen molar-refractivity contribution in [2.75, 3.05) is 26.9 Å². The van der Waals surface area contributed by atoms with E-state index in [9.17, 15) is 14.4 Å². The number of terminal acetylenes is 1. The van der Waals surface area contributed by atoms with E-state index in [-0.39, 0.29) is 31.1 Å². The third-order valence-electron chi connectivity index (χ3n) is 5.25. The van der Waals surface area contributed by atoms with E-state index in [1.54, 1.807) is 56.3 Å². The molecule has 11 heteroatoms. The summed E-state index contributed by atoms with van der Waals surface area (Å²) in [5.74, 6) is 2.57. The quantitative estimate of drug-likeness (QED) is 0.179. The molecule has 0 saturated carbocycles. The highest BCUT2D eigenvalue weighted by Gasteiger charge is 2.32. The maximum absolute atomic E-state index is 12.5. The predicted molar refractivity (Wildman–Crippen MR) is 139 cm³/mol. The average Bonchev–Trinajstić information content (AvgIpc) is 2.91. The zero-order valence-corrected chi connectivity index (χ0v) is 21.2. The molecule has 2 aromatic carbocycles. The molecular formula is C27H28N4O7. The second kappa shape index (κ2) is 13.4. The van der Waals surface area contributed by atoms with Gasteiger partial charge in [0.05, 0.1) is 31.5 Å². The summed E-state index contributed by atoms with van der Waals surface area (Å²) in [4.78, 5) is 36.8. The van der Waals surface area contributed by atoms with Gasteiger partial charge in [-0.2, -0.15) is 5.10 Å². The Morgan fingerprint density at radius 1 is 1.16 bits per heavy atom. The number of carbonyl (C=O) groups excluding carboxylic acids is 3. The number of allylic oxidation sites excluding steroid dienone is 1. The number of hydrogen-bond acceptors (Lipinski definition) is 8. The van der Waals surface area contributed by atoms with E-state index in [0.29, 0.717) is 22.8 Å². The molecule has 1 aliphatic heterocycles. The van der Waals surface area contributed by atoms with Gasteiger partial charge < -0.3 is 29.6 Å². The highest BCUT2D eigenvalue weighted by atomic mass is 16.5. The Hall–Kier alpha value is -4.98. The zero-order chi connectivity index (χ0) is 27.5. The Bertz CT molecular complexity index is 1280. The van der Waals surface area contributed by atoms with Crippen LogP contribution in [0.5, 0.6) is 17.2 Å². The lowest BCUT2D eigenvalue weighted by Gasteiger charge is -2.28. The van der Waals surface area contributed by atoms with E-state index < -0.39 is 23.9 Å². The van der Waals surface area contributed by atoms with Gasteiger partial charge in [-0.15, -0.1) is 6.42 Å². The van der Waals surface area contributed by atoms with Crippen molar-refractivity contribution in [1.82, 2.24) is 16.1 Å². The number of methoxy groups -OCH3 is 1. The zero-order valence-electron chi connectivity index (χ0n) is 21.2. The molecule has 0 spiro atoms. The Morgan fingerprint density at radius 3 is 2.61 bits per heavy atom. The van der Waals surface area contributed by atoms with E-state index in [4.69, 9.17) is 25.4 Å². The van der Waals surface area contributed by atoms with Crippen LogP contribution in [0.3, 0.4) is 0 Å². The van der Waals surface area contributed by atoms with Crippen molar-refractivity contribution in [3.05, 3.63) is 64.9 Å². The number of urea groups is 1. The summed E-state index contributed by atoms with van der Waals surface area (Å²) in [5.41, 5.74) is 4.36. The summed E-state index contributed by atoms with van der Waals surface area (Å²) in [7, 11) is 1.44. The molecule has 1 aliphatic rings. The highest BCUT2D eigenvalue weighted by molar-refractivity contribution is 5.95. The van der Waals surface area contributed by atoms with Crippen LogP contribution in [0.4, 0.5) is 4.79 Å². The smallest absolute Gasteiger partial charge is 0.338 e. The normalized spacial score (nSPS) is 14.7. The Labute approximate surface area is 220 Å². The molecule has 198 valence electrons. The summed E-state index contributed by atoms with van der Waals surface area (Å²) < 4.78 is 21.5. The van der Waals surface area contributed by atoms with Crippen LogP contribution < -0.4 is 30.3 Å². The van der Waals surface area contributed by atoms with E-state index in [0.717, 1.165) is 5.56 Å². The topological polar surface area (TPSA) is 137 Å². The molecule has 0 saturated heterocycles. The number of hydrazone groups is 1. The van der Waals surface area contributed by atoms with Gasteiger partial charge in [0.15, 0.2) is 18.1 Å². The number of nitrogens with zero attached hydrogens (tertiary/aromatic N) is 1. The molecule has 0 aromatic heterocycles. The SMILES string of the molecule is C#CCOc1ccc(/C=N\NC(=O)COc2ccc([C@H]3NC(=O)NC(C)=C3C(=O)OCC)cc2OC)cc1. The fraction of sp³-hybridized carbons (Fsp3) is 0.259. The molecule has 11 nitrogen and oxygen atoms in total. The van der Waals surface area contributed by atoms with Crippen LogP contribution in [0.25, 0.3) is 0 Å². The monoisotopic (exact) mass is 520 g/mol. The van der Waals surface area contributed by atoms with E-state index in [1.807, 2.05) is 0 Å². The van der Waals surface area contributed by atoms with Crippen LogP contribution in [0.1, 0.15) is 31.0 Å². The predicted octanol–water partition coefficient (Wildman–Crippen LogP) is 2.43.